The van der Waals surface area contributed by atoms with Crippen molar-refractivity contribution in [3.63, 3.8) is 0 Å². The molecule has 10 heteroatoms. The largest absolute Gasteiger partial charge is 0.472 e. The molecule has 0 aliphatic rings. The van der Waals surface area contributed by atoms with Gasteiger partial charge < -0.3 is 19.4 Å². The van der Waals surface area contributed by atoms with Crippen LogP contribution in [0.4, 0.5) is 0 Å². The summed E-state index contributed by atoms with van der Waals surface area (Å²) in [4.78, 5) is 37.7. The van der Waals surface area contributed by atoms with Gasteiger partial charge in [-0.05, 0) is 122 Å². The standard InChI is InChI=1S/C69H117N2O7P/c1-7-10-13-16-19-22-25-27-29-31-32-33-34-35-36-37-38-40-42-44-47-50-53-56-59-62-69(73)78-67(60-57-54-51-48-45-24-21-18-15-12-9-3)66(65-77-79(74,75)76-64-63-71(4,5)6)70-68(72)61-58-55-52-49-46-43-41-39-30-28-26-23-20-17-14-11-8-2/h10,13,19-20,22-23,27-30,32-33,35-36,38,40-41,43,49,52,57,60,66-67H,7-9,11-12,14-18,21,24-26,31,34,37,39,42,44-48,50-51,53-56,58-59,61-65H2,1-6H3,(H-,70,72,74,75)/p+1/b13-10-,22-19-,23-20-,29-27-,30-28-,33-32-,36-35-,40-38-,43-41-,52-49-,60-57-. The number of carbonyl (C=O) groups is 2. The minimum Gasteiger partial charge on any atom is -0.456 e. The van der Waals surface area contributed by atoms with Gasteiger partial charge in [-0.3, -0.25) is 18.6 Å². The lowest BCUT2D eigenvalue weighted by Crippen LogP contribution is -2.47. The number of esters is 1. The molecule has 0 saturated carbocycles. The van der Waals surface area contributed by atoms with E-state index in [1.165, 1.54) is 70.6 Å². The Morgan fingerprint density at radius 1 is 0.456 bits per heavy atom. The first-order valence-electron chi connectivity index (χ1n) is 31.5. The minimum atomic E-state index is -4.48. The van der Waals surface area contributed by atoms with Crippen molar-refractivity contribution in [1.82, 2.24) is 5.32 Å². The van der Waals surface area contributed by atoms with Crippen molar-refractivity contribution in [2.45, 2.75) is 251 Å². The molecule has 0 aliphatic carbocycles. The van der Waals surface area contributed by atoms with E-state index in [1.807, 2.05) is 33.3 Å². The number of carbonyl (C=O) groups excluding carboxylic acids is 2. The fourth-order valence-corrected chi connectivity index (χ4v) is 8.96. The van der Waals surface area contributed by atoms with E-state index in [9.17, 15) is 19.0 Å². The molecule has 0 fully saturated rings. The van der Waals surface area contributed by atoms with Gasteiger partial charge in [-0.15, -0.1) is 0 Å². The van der Waals surface area contributed by atoms with E-state index < -0.39 is 20.0 Å². The summed E-state index contributed by atoms with van der Waals surface area (Å²) >= 11 is 0. The second kappa shape index (κ2) is 57.4. The maximum atomic E-state index is 13.5. The Morgan fingerprint density at radius 2 is 0.823 bits per heavy atom. The van der Waals surface area contributed by atoms with E-state index >= 15 is 0 Å². The molecule has 0 aromatic carbocycles. The summed E-state index contributed by atoms with van der Waals surface area (Å²) in [5.41, 5.74) is 0. The first-order valence-corrected chi connectivity index (χ1v) is 33.0. The summed E-state index contributed by atoms with van der Waals surface area (Å²) in [6, 6.07) is -0.893. The third kappa shape index (κ3) is 58.6. The molecule has 0 aromatic heterocycles. The van der Waals surface area contributed by atoms with Crippen molar-refractivity contribution in [2.75, 3.05) is 40.9 Å². The molecule has 0 radical (unpaired) electrons. The van der Waals surface area contributed by atoms with Crippen LogP contribution in [0, 0.1) is 0 Å². The van der Waals surface area contributed by atoms with Crippen molar-refractivity contribution < 1.29 is 37.3 Å². The maximum Gasteiger partial charge on any atom is 0.472 e. The van der Waals surface area contributed by atoms with Crippen LogP contribution in [0.15, 0.2) is 134 Å². The molecule has 0 aromatic rings. The van der Waals surface area contributed by atoms with Crippen molar-refractivity contribution in [3.8, 4) is 0 Å². The molecule has 3 atom stereocenters. The molecule has 3 unspecified atom stereocenters. The predicted molar refractivity (Wildman–Crippen MR) is 341 cm³/mol. The van der Waals surface area contributed by atoms with Crippen LogP contribution in [-0.2, 0) is 27.9 Å². The number of nitrogens with one attached hydrogen (secondary N) is 1. The van der Waals surface area contributed by atoms with E-state index in [0.29, 0.717) is 23.9 Å². The minimum absolute atomic E-state index is 0.0202. The van der Waals surface area contributed by atoms with Crippen molar-refractivity contribution >= 4 is 19.7 Å². The van der Waals surface area contributed by atoms with Crippen LogP contribution >= 0.6 is 7.82 Å². The van der Waals surface area contributed by atoms with Gasteiger partial charge in [0.15, 0.2) is 0 Å². The van der Waals surface area contributed by atoms with Crippen LogP contribution in [-0.4, -0.2) is 74.3 Å². The van der Waals surface area contributed by atoms with Gasteiger partial charge in [0.05, 0.1) is 33.8 Å². The summed E-state index contributed by atoms with van der Waals surface area (Å²) in [6.07, 6.45) is 81.8. The lowest BCUT2D eigenvalue weighted by Gasteiger charge is -2.27. The number of hydrogen-bond donors (Lipinski definition) is 2. The molecule has 79 heavy (non-hydrogen) atoms. The van der Waals surface area contributed by atoms with Crippen molar-refractivity contribution in [3.05, 3.63) is 134 Å². The zero-order valence-electron chi connectivity index (χ0n) is 51.3. The average molecular weight is 1120 g/mol. The van der Waals surface area contributed by atoms with E-state index in [-0.39, 0.29) is 37.9 Å². The molecule has 0 heterocycles. The Morgan fingerprint density at radius 3 is 1.27 bits per heavy atom. The van der Waals surface area contributed by atoms with Gasteiger partial charge in [0.25, 0.3) is 0 Å². The highest BCUT2D eigenvalue weighted by Gasteiger charge is 2.30. The number of rotatable bonds is 55. The lowest BCUT2D eigenvalue weighted by atomic mass is 10.1. The molecule has 0 spiro atoms. The molecule has 9 nitrogen and oxygen atoms in total. The smallest absolute Gasteiger partial charge is 0.456 e. The number of hydrogen-bond acceptors (Lipinski definition) is 6. The molecule has 450 valence electrons. The van der Waals surface area contributed by atoms with Crippen LogP contribution in [0.1, 0.15) is 239 Å². The molecular weight excluding hydrogens is 1000 g/mol. The monoisotopic (exact) mass is 1120 g/mol. The highest BCUT2D eigenvalue weighted by Crippen LogP contribution is 2.43. The SMILES string of the molecule is CC/C=C\C/C=C\C/C=C\C/C=C\C/C=C\C/C=C\CCCCCCCCC(=O)OC(/C=C\CCCCCCCCCCC)C(COP(=O)(O)OCC[N+](C)(C)C)NC(=O)CCC/C=C\C/C=C\C/C=C\C/C=C\CCCCC. The highest BCUT2D eigenvalue weighted by molar-refractivity contribution is 7.47. The number of unbranched alkanes of at least 4 members (excludes halogenated alkanes) is 19. The number of nitrogens with zero attached hydrogens (tertiary/aromatic N) is 1. The molecule has 0 rings (SSSR count). The summed E-state index contributed by atoms with van der Waals surface area (Å²) in [5.74, 6) is -0.598. The summed E-state index contributed by atoms with van der Waals surface area (Å²) in [6.45, 7) is 6.79. The summed E-state index contributed by atoms with van der Waals surface area (Å²) in [5, 5.41) is 3.01. The highest BCUT2D eigenvalue weighted by atomic mass is 31.2. The van der Waals surface area contributed by atoms with Crippen molar-refractivity contribution in [1.29, 1.82) is 0 Å². The molecule has 2 N–H and O–H groups in total. The number of amides is 1. The van der Waals surface area contributed by atoms with E-state index in [1.54, 1.807) is 0 Å². The Labute approximate surface area is 485 Å². The Balaban J connectivity index is 5.28. The van der Waals surface area contributed by atoms with Crippen LogP contribution in [0.25, 0.3) is 0 Å². The van der Waals surface area contributed by atoms with Gasteiger partial charge in [-0.25, -0.2) is 4.57 Å². The normalized spacial score (nSPS) is 14.6. The first-order chi connectivity index (χ1) is 38.4. The van der Waals surface area contributed by atoms with Gasteiger partial charge in [0.1, 0.15) is 19.3 Å². The lowest BCUT2D eigenvalue weighted by molar-refractivity contribution is -0.870. The van der Waals surface area contributed by atoms with Crippen LogP contribution in [0.5, 0.6) is 0 Å². The Kier molecular flexibility index (Phi) is 54.6. The molecule has 0 saturated heterocycles. The number of allylic oxidation sites excluding steroid dienone is 21. The topological polar surface area (TPSA) is 111 Å². The molecule has 1 amide bonds. The van der Waals surface area contributed by atoms with E-state index in [4.69, 9.17) is 13.8 Å². The zero-order valence-corrected chi connectivity index (χ0v) is 52.2. The summed E-state index contributed by atoms with van der Waals surface area (Å²) < 4.78 is 30.6. The molecule has 0 aliphatic heterocycles. The van der Waals surface area contributed by atoms with Gasteiger partial charge in [-0.1, -0.05) is 238 Å². The zero-order chi connectivity index (χ0) is 57.9. The number of quaternary nitrogens is 1. The second-order valence-corrected chi connectivity index (χ2v) is 23.3. The quantitative estimate of drug-likeness (QED) is 0.0205. The number of phosphoric acid groups is 1. The van der Waals surface area contributed by atoms with Gasteiger partial charge in [-0.2, -0.15) is 0 Å². The Hall–Kier alpha value is -3.85. The fraction of sp³-hybridized carbons (Fsp3) is 0.652. The molecule has 0 bridgehead atoms. The number of phosphoric ester groups is 1. The van der Waals surface area contributed by atoms with Crippen molar-refractivity contribution in [2.24, 2.45) is 0 Å². The third-order valence-corrected chi connectivity index (χ3v) is 14.1. The third-order valence-electron chi connectivity index (χ3n) is 13.1. The average Bonchev–Trinajstić information content (AvgIpc) is 3.41. The van der Waals surface area contributed by atoms with Gasteiger partial charge in [0.2, 0.25) is 5.91 Å². The number of likely N-dealkylation sites (N-methyl/N-ethyl adjacent to an activating group) is 1. The first kappa shape index (κ1) is 75.2. The van der Waals surface area contributed by atoms with Crippen LogP contribution < -0.4 is 5.32 Å². The predicted octanol–water partition coefficient (Wildman–Crippen LogP) is 19.7. The second-order valence-electron chi connectivity index (χ2n) is 21.8. The van der Waals surface area contributed by atoms with Crippen LogP contribution in [0.3, 0.4) is 0 Å². The Bertz CT molecular complexity index is 1810. The van der Waals surface area contributed by atoms with Gasteiger partial charge >= 0.3 is 13.8 Å². The molecular formula is C69H118N2O7P+. The van der Waals surface area contributed by atoms with Gasteiger partial charge in [0, 0.05) is 12.8 Å². The van der Waals surface area contributed by atoms with E-state index in [0.717, 1.165) is 122 Å². The maximum absolute atomic E-state index is 13.5. The summed E-state index contributed by atoms with van der Waals surface area (Å²) in [7, 11) is 1.43. The van der Waals surface area contributed by atoms with Crippen LogP contribution in [0.2, 0.25) is 0 Å². The fourth-order valence-electron chi connectivity index (χ4n) is 8.23. The number of ether oxygens (including phenoxy) is 1. The van der Waals surface area contributed by atoms with E-state index in [2.05, 4.69) is 148 Å².